The molecule has 2 N–H and O–H groups in total. The van der Waals surface area contributed by atoms with Crippen LogP contribution in [0.4, 0.5) is 0 Å². The summed E-state index contributed by atoms with van der Waals surface area (Å²) in [5, 5.41) is 0. The summed E-state index contributed by atoms with van der Waals surface area (Å²) in [5.41, 5.74) is 5.26. The fourth-order valence-electron chi connectivity index (χ4n) is 1.98. The summed E-state index contributed by atoms with van der Waals surface area (Å²) in [5.74, 6) is -0.568. The van der Waals surface area contributed by atoms with Gasteiger partial charge in [0.15, 0.2) is 0 Å². The lowest BCUT2D eigenvalue weighted by molar-refractivity contribution is -0.160. The van der Waals surface area contributed by atoms with Crippen LogP contribution in [-0.4, -0.2) is 43.3 Å². The summed E-state index contributed by atoms with van der Waals surface area (Å²) >= 11 is -2.46. The number of carbonyl (C=O) groups excluding carboxylic acids is 1. The van der Waals surface area contributed by atoms with Crippen molar-refractivity contribution in [3.05, 3.63) is 0 Å². The Balaban J connectivity index is 2.89. The molecule has 1 fully saturated rings. The molecule has 0 saturated carbocycles. The summed E-state index contributed by atoms with van der Waals surface area (Å²) in [6, 6.07) is -1.43. The number of ether oxygens (including phenoxy) is 1. The highest BCUT2D eigenvalue weighted by molar-refractivity contribution is 7.76. The number of carbonyl (C=O) groups is 1. The van der Waals surface area contributed by atoms with Crippen LogP contribution in [0.5, 0.6) is 0 Å². The predicted molar refractivity (Wildman–Crippen MR) is 67.1 cm³/mol. The SMILES string of the molecule is CC(C)(C)OC(=O)C1C(N)CCCCN1S(=O)[O-]. The first-order chi connectivity index (χ1) is 8.22. The van der Waals surface area contributed by atoms with E-state index < -0.39 is 34.9 Å². The Morgan fingerprint density at radius 2 is 2.06 bits per heavy atom. The Bertz CT molecular complexity index is 329. The molecule has 1 heterocycles. The van der Waals surface area contributed by atoms with Crippen molar-refractivity contribution >= 4 is 17.2 Å². The highest BCUT2D eigenvalue weighted by Crippen LogP contribution is 2.20. The maximum absolute atomic E-state index is 12.1. The second kappa shape index (κ2) is 6.10. The molecule has 0 aromatic heterocycles. The van der Waals surface area contributed by atoms with E-state index in [0.717, 1.165) is 10.7 Å². The molecule has 1 saturated heterocycles. The van der Waals surface area contributed by atoms with Crippen LogP contribution in [0.2, 0.25) is 0 Å². The lowest BCUT2D eigenvalue weighted by Crippen LogP contribution is -2.53. The lowest BCUT2D eigenvalue weighted by Gasteiger charge is -2.34. The van der Waals surface area contributed by atoms with Gasteiger partial charge < -0.3 is 15.0 Å². The maximum atomic E-state index is 12.1. The quantitative estimate of drug-likeness (QED) is 0.578. The molecule has 0 aliphatic carbocycles. The van der Waals surface area contributed by atoms with Crippen molar-refractivity contribution in [2.45, 2.75) is 57.7 Å². The van der Waals surface area contributed by atoms with Gasteiger partial charge in [-0.2, -0.15) is 0 Å². The minimum Gasteiger partial charge on any atom is -0.760 e. The molecule has 1 aliphatic rings. The van der Waals surface area contributed by atoms with Gasteiger partial charge in [-0.1, -0.05) is 6.42 Å². The third kappa shape index (κ3) is 4.31. The van der Waals surface area contributed by atoms with Gasteiger partial charge in [-0.3, -0.25) is 9.00 Å². The van der Waals surface area contributed by atoms with Crippen LogP contribution >= 0.6 is 0 Å². The van der Waals surface area contributed by atoms with Gasteiger partial charge in [0.1, 0.15) is 11.6 Å². The van der Waals surface area contributed by atoms with Gasteiger partial charge in [-0.25, -0.2) is 4.31 Å². The van der Waals surface area contributed by atoms with E-state index in [1.165, 1.54) is 0 Å². The maximum Gasteiger partial charge on any atom is 0.326 e. The fraction of sp³-hybridized carbons (Fsp3) is 0.909. The predicted octanol–water partition coefficient (Wildman–Crippen LogP) is 0.304. The van der Waals surface area contributed by atoms with Crippen LogP contribution in [0.25, 0.3) is 0 Å². The van der Waals surface area contributed by atoms with Gasteiger partial charge in [0, 0.05) is 23.9 Å². The average Bonchev–Trinajstić information content (AvgIpc) is 2.36. The van der Waals surface area contributed by atoms with Gasteiger partial charge >= 0.3 is 5.97 Å². The van der Waals surface area contributed by atoms with Crippen molar-refractivity contribution in [3.63, 3.8) is 0 Å². The summed E-state index contributed by atoms with van der Waals surface area (Å²) in [4.78, 5) is 12.1. The second-order valence-corrected chi connectivity index (χ2v) is 6.40. The number of hydrogen-bond acceptors (Lipinski definition) is 5. The van der Waals surface area contributed by atoms with E-state index in [9.17, 15) is 13.6 Å². The molecule has 6 nitrogen and oxygen atoms in total. The summed E-state index contributed by atoms with van der Waals surface area (Å²) in [6.07, 6.45) is 2.15. The van der Waals surface area contributed by atoms with Crippen molar-refractivity contribution in [2.24, 2.45) is 5.73 Å². The van der Waals surface area contributed by atoms with E-state index in [0.29, 0.717) is 19.4 Å². The summed E-state index contributed by atoms with van der Waals surface area (Å²) < 4.78 is 28.7. The molecule has 3 unspecified atom stereocenters. The van der Waals surface area contributed by atoms with Gasteiger partial charge in [0.05, 0.1) is 0 Å². The van der Waals surface area contributed by atoms with E-state index >= 15 is 0 Å². The van der Waals surface area contributed by atoms with E-state index in [-0.39, 0.29) is 0 Å². The largest absolute Gasteiger partial charge is 0.760 e. The number of rotatable bonds is 2. The molecule has 0 bridgehead atoms. The normalized spacial score (nSPS) is 28.5. The number of nitrogens with two attached hydrogens (primary N) is 1. The zero-order valence-corrected chi connectivity index (χ0v) is 11.9. The van der Waals surface area contributed by atoms with E-state index in [4.69, 9.17) is 10.5 Å². The zero-order chi connectivity index (χ0) is 13.9. The van der Waals surface area contributed by atoms with Crippen LogP contribution in [0.15, 0.2) is 0 Å². The van der Waals surface area contributed by atoms with Crippen molar-refractivity contribution in [3.8, 4) is 0 Å². The Morgan fingerprint density at radius 3 is 2.56 bits per heavy atom. The van der Waals surface area contributed by atoms with Gasteiger partial charge in [-0.05, 0) is 33.6 Å². The molecule has 0 amide bonds. The third-order valence-corrected chi connectivity index (χ3v) is 3.51. The van der Waals surface area contributed by atoms with Gasteiger partial charge in [0.25, 0.3) is 0 Å². The topological polar surface area (TPSA) is 95.7 Å². The summed E-state index contributed by atoms with van der Waals surface area (Å²) in [7, 11) is 0. The molecule has 0 aromatic carbocycles. The first-order valence-corrected chi connectivity index (χ1v) is 7.10. The van der Waals surface area contributed by atoms with Crippen LogP contribution < -0.4 is 5.73 Å². The number of nitrogens with zero attached hydrogens (tertiary/aromatic N) is 1. The fourth-order valence-corrected chi connectivity index (χ4v) is 2.69. The number of hydrogen-bond donors (Lipinski definition) is 1. The Kier molecular flexibility index (Phi) is 5.27. The Hall–Kier alpha value is -0.500. The molecule has 0 aromatic rings. The third-order valence-electron chi connectivity index (χ3n) is 2.72. The first kappa shape index (κ1) is 15.6. The van der Waals surface area contributed by atoms with Crippen molar-refractivity contribution in [1.82, 2.24) is 4.31 Å². The van der Waals surface area contributed by atoms with Crippen LogP contribution in [0.1, 0.15) is 40.0 Å². The minimum atomic E-state index is -2.46. The lowest BCUT2D eigenvalue weighted by atomic mass is 10.0. The van der Waals surface area contributed by atoms with Crippen molar-refractivity contribution in [2.75, 3.05) is 6.54 Å². The highest BCUT2D eigenvalue weighted by Gasteiger charge is 2.37. The molecule has 0 spiro atoms. The van der Waals surface area contributed by atoms with Gasteiger partial charge in [0.2, 0.25) is 0 Å². The van der Waals surface area contributed by atoms with E-state index in [2.05, 4.69) is 0 Å². The molecule has 18 heavy (non-hydrogen) atoms. The minimum absolute atomic E-state index is 0.313. The molecule has 1 aliphatic heterocycles. The molecule has 1 rings (SSSR count). The number of esters is 1. The molecular formula is C11H21N2O4S-. The summed E-state index contributed by atoms with van der Waals surface area (Å²) in [6.45, 7) is 5.54. The molecular weight excluding hydrogens is 256 g/mol. The molecule has 7 heteroatoms. The van der Waals surface area contributed by atoms with E-state index in [1.54, 1.807) is 20.8 Å². The standard InChI is InChI=1S/C11H22N2O4S/c1-11(2,3)17-10(14)9-8(12)6-4-5-7-13(9)18(15)16/h8-9H,4-7,12H2,1-3H3,(H,15,16)/p-1. The second-order valence-electron chi connectivity index (χ2n) is 5.50. The molecule has 3 atom stereocenters. The first-order valence-electron chi connectivity index (χ1n) is 6.07. The van der Waals surface area contributed by atoms with E-state index in [1.807, 2.05) is 0 Å². The van der Waals surface area contributed by atoms with Crippen LogP contribution in [0.3, 0.4) is 0 Å². The van der Waals surface area contributed by atoms with Crippen molar-refractivity contribution < 1.29 is 18.3 Å². The van der Waals surface area contributed by atoms with Gasteiger partial charge in [-0.15, -0.1) is 0 Å². The monoisotopic (exact) mass is 277 g/mol. The van der Waals surface area contributed by atoms with Crippen LogP contribution in [0, 0.1) is 0 Å². The van der Waals surface area contributed by atoms with Crippen LogP contribution in [-0.2, 0) is 20.8 Å². The zero-order valence-electron chi connectivity index (χ0n) is 11.0. The molecule has 0 radical (unpaired) electrons. The Labute approximate surface area is 110 Å². The Morgan fingerprint density at radius 1 is 1.44 bits per heavy atom. The highest BCUT2D eigenvalue weighted by atomic mass is 32.2. The average molecular weight is 277 g/mol. The van der Waals surface area contributed by atoms with Crippen molar-refractivity contribution in [1.29, 1.82) is 0 Å². The molecule has 106 valence electrons. The smallest absolute Gasteiger partial charge is 0.326 e.